The average molecular weight is 378 g/mol. The van der Waals surface area contributed by atoms with Crippen LogP contribution >= 0.6 is 11.3 Å². The number of fused-ring (bicyclic) bond motifs is 1. The minimum atomic E-state index is -2.83. The highest BCUT2D eigenvalue weighted by Gasteiger charge is 2.52. The van der Waals surface area contributed by atoms with E-state index in [4.69, 9.17) is 9.31 Å². The van der Waals surface area contributed by atoms with Gasteiger partial charge in [0, 0.05) is 34.7 Å². The quantitative estimate of drug-likeness (QED) is 0.743. The maximum atomic E-state index is 14.1. The third-order valence-electron chi connectivity index (χ3n) is 5.47. The summed E-state index contributed by atoms with van der Waals surface area (Å²) in [4.78, 5) is 9.19. The van der Waals surface area contributed by atoms with Crippen molar-refractivity contribution in [3.63, 3.8) is 0 Å². The lowest BCUT2D eigenvalue weighted by Crippen LogP contribution is -2.41. The van der Waals surface area contributed by atoms with Crippen molar-refractivity contribution in [2.75, 3.05) is 0 Å². The highest BCUT2D eigenvalue weighted by atomic mass is 32.1. The standard InChI is InChI=1S/C18H21BF2N2O2S/c1-16(2)17(3,4)25-19(24-16)12-8-11(9-22-10-12)15-23-14-13(26-15)6-5-7-18(14,20)21/h8-10H,5-7H2,1-4H3. The predicted octanol–water partition coefficient (Wildman–Crippen LogP) is 3.93. The molecule has 0 amide bonds. The van der Waals surface area contributed by atoms with Crippen molar-refractivity contribution in [3.05, 3.63) is 29.0 Å². The molecule has 8 heteroatoms. The first-order chi connectivity index (χ1) is 12.1. The van der Waals surface area contributed by atoms with Crippen LogP contribution in [-0.2, 0) is 21.7 Å². The van der Waals surface area contributed by atoms with Gasteiger partial charge in [0.05, 0.1) is 11.2 Å². The zero-order valence-corrected chi connectivity index (χ0v) is 16.1. The van der Waals surface area contributed by atoms with E-state index >= 15 is 0 Å². The molecule has 1 aliphatic heterocycles. The van der Waals surface area contributed by atoms with Gasteiger partial charge in [-0.25, -0.2) is 4.98 Å². The second-order valence-corrected chi connectivity index (χ2v) is 9.03. The van der Waals surface area contributed by atoms with E-state index in [0.29, 0.717) is 28.3 Å². The number of aromatic nitrogens is 2. The Morgan fingerprint density at radius 1 is 1.12 bits per heavy atom. The summed E-state index contributed by atoms with van der Waals surface area (Å²) in [5, 5.41) is 0.572. The van der Waals surface area contributed by atoms with Crippen molar-refractivity contribution in [3.8, 4) is 10.6 Å². The molecular formula is C18H21BF2N2O2S. The van der Waals surface area contributed by atoms with Crippen LogP contribution < -0.4 is 5.46 Å². The van der Waals surface area contributed by atoms with E-state index < -0.39 is 24.2 Å². The second kappa shape index (κ2) is 5.81. The summed E-state index contributed by atoms with van der Waals surface area (Å²) in [5.41, 5.74) is 0.518. The average Bonchev–Trinajstić information content (AvgIpc) is 3.07. The molecule has 4 rings (SSSR count). The molecule has 1 aliphatic carbocycles. The Balaban J connectivity index is 1.67. The third-order valence-corrected chi connectivity index (χ3v) is 6.63. The van der Waals surface area contributed by atoms with Gasteiger partial charge in [-0.1, -0.05) is 0 Å². The smallest absolute Gasteiger partial charge is 0.399 e. The highest BCUT2D eigenvalue weighted by molar-refractivity contribution is 7.15. The number of thiazole rings is 1. The zero-order chi connectivity index (χ0) is 18.7. The van der Waals surface area contributed by atoms with Gasteiger partial charge < -0.3 is 9.31 Å². The lowest BCUT2D eigenvalue weighted by molar-refractivity contribution is -0.0251. The van der Waals surface area contributed by atoms with Crippen LogP contribution in [0.2, 0.25) is 0 Å². The van der Waals surface area contributed by atoms with Gasteiger partial charge in [0.2, 0.25) is 0 Å². The molecule has 0 spiro atoms. The van der Waals surface area contributed by atoms with Gasteiger partial charge in [0.15, 0.2) is 0 Å². The van der Waals surface area contributed by atoms with E-state index in [2.05, 4.69) is 9.97 Å². The Morgan fingerprint density at radius 2 is 1.81 bits per heavy atom. The minimum Gasteiger partial charge on any atom is -0.399 e. The number of pyridine rings is 1. The van der Waals surface area contributed by atoms with E-state index in [9.17, 15) is 8.78 Å². The van der Waals surface area contributed by atoms with E-state index in [-0.39, 0.29) is 12.1 Å². The molecule has 2 aliphatic rings. The Labute approximate surface area is 156 Å². The molecule has 0 bridgehead atoms. The van der Waals surface area contributed by atoms with Crippen molar-refractivity contribution < 1.29 is 18.1 Å². The van der Waals surface area contributed by atoms with Crippen LogP contribution in [0.5, 0.6) is 0 Å². The summed E-state index contributed by atoms with van der Waals surface area (Å²) in [6.07, 6.45) is 4.36. The fourth-order valence-corrected chi connectivity index (χ4v) is 4.34. The van der Waals surface area contributed by atoms with Gasteiger partial charge in [0.25, 0.3) is 5.92 Å². The molecule has 0 saturated carbocycles. The Hall–Kier alpha value is -1.38. The second-order valence-electron chi connectivity index (χ2n) is 7.94. The summed E-state index contributed by atoms with van der Waals surface area (Å²) in [6, 6.07) is 1.87. The normalized spacial score (nSPS) is 23.1. The fourth-order valence-electron chi connectivity index (χ4n) is 3.20. The fraction of sp³-hybridized carbons (Fsp3) is 0.556. The van der Waals surface area contributed by atoms with Gasteiger partial charge in [-0.2, -0.15) is 8.78 Å². The Morgan fingerprint density at radius 3 is 2.46 bits per heavy atom. The Kier molecular flexibility index (Phi) is 4.02. The molecule has 1 saturated heterocycles. The third kappa shape index (κ3) is 2.88. The number of hydrogen-bond acceptors (Lipinski definition) is 5. The van der Waals surface area contributed by atoms with Gasteiger partial charge in [0.1, 0.15) is 10.7 Å². The van der Waals surface area contributed by atoms with Crippen LogP contribution in [0.15, 0.2) is 18.5 Å². The number of aryl methyl sites for hydroxylation is 1. The van der Waals surface area contributed by atoms with Gasteiger partial charge in [-0.05, 0) is 46.6 Å². The molecule has 0 atom stereocenters. The number of alkyl halides is 2. The van der Waals surface area contributed by atoms with Crippen LogP contribution in [0.1, 0.15) is 51.1 Å². The molecule has 2 aromatic heterocycles. The van der Waals surface area contributed by atoms with Crippen molar-refractivity contribution in [1.29, 1.82) is 0 Å². The minimum absolute atomic E-state index is 0.0650. The van der Waals surface area contributed by atoms with Crippen LogP contribution in [0.25, 0.3) is 10.6 Å². The van der Waals surface area contributed by atoms with Crippen molar-refractivity contribution in [1.82, 2.24) is 9.97 Å². The molecule has 0 radical (unpaired) electrons. The van der Waals surface area contributed by atoms with Gasteiger partial charge in [-0.3, -0.25) is 4.98 Å². The van der Waals surface area contributed by atoms with Crippen LogP contribution in [-0.4, -0.2) is 28.3 Å². The number of nitrogens with zero attached hydrogens (tertiary/aromatic N) is 2. The number of hydrogen-bond donors (Lipinski definition) is 0. The summed E-state index contributed by atoms with van der Waals surface area (Å²) >= 11 is 1.33. The summed E-state index contributed by atoms with van der Waals surface area (Å²) in [5.74, 6) is -2.83. The van der Waals surface area contributed by atoms with Gasteiger partial charge in [-0.15, -0.1) is 11.3 Å². The van der Waals surface area contributed by atoms with E-state index in [1.807, 2.05) is 33.8 Å². The summed E-state index contributed by atoms with van der Waals surface area (Å²) < 4.78 is 40.3. The molecule has 0 unspecified atom stereocenters. The first kappa shape index (κ1) is 18.0. The molecule has 1 fully saturated rings. The molecule has 0 aromatic carbocycles. The summed E-state index contributed by atoms with van der Waals surface area (Å²) in [6.45, 7) is 7.95. The zero-order valence-electron chi connectivity index (χ0n) is 15.3. The highest BCUT2D eigenvalue weighted by Crippen LogP contribution is 2.43. The molecule has 26 heavy (non-hydrogen) atoms. The summed E-state index contributed by atoms with van der Waals surface area (Å²) in [7, 11) is -0.538. The topological polar surface area (TPSA) is 44.2 Å². The largest absolute Gasteiger partial charge is 0.496 e. The first-order valence-electron chi connectivity index (χ1n) is 8.78. The molecule has 3 heterocycles. The molecular weight excluding hydrogens is 357 g/mol. The number of halogens is 2. The maximum Gasteiger partial charge on any atom is 0.496 e. The van der Waals surface area contributed by atoms with E-state index in [1.54, 1.807) is 12.4 Å². The number of rotatable bonds is 2. The molecule has 2 aromatic rings. The predicted molar refractivity (Wildman–Crippen MR) is 97.9 cm³/mol. The van der Waals surface area contributed by atoms with Crippen LogP contribution in [0.3, 0.4) is 0 Å². The Bertz CT molecular complexity index is 837. The van der Waals surface area contributed by atoms with Crippen molar-refractivity contribution in [2.45, 2.75) is 64.1 Å². The molecule has 138 valence electrons. The van der Waals surface area contributed by atoms with E-state index in [0.717, 1.165) is 5.46 Å². The van der Waals surface area contributed by atoms with Crippen LogP contribution in [0, 0.1) is 0 Å². The maximum absolute atomic E-state index is 14.1. The van der Waals surface area contributed by atoms with Crippen molar-refractivity contribution in [2.24, 2.45) is 0 Å². The SMILES string of the molecule is CC1(C)OB(c2cncc(-c3nc4c(s3)CCCC4(F)F)c2)OC1(C)C. The first-order valence-corrected chi connectivity index (χ1v) is 9.60. The molecule has 0 N–H and O–H groups in total. The molecule has 4 nitrogen and oxygen atoms in total. The van der Waals surface area contributed by atoms with Gasteiger partial charge >= 0.3 is 7.12 Å². The monoisotopic (exact) mass is 378 g/mol. The van der Waals surface area contributed by atoms with E-state index in [1.165, 1.54) is 11.3 Å². The van der Waals surface area contributed by atoms with Crippen LogP contribution in [0.4, 0.5) is 8.78 Å². The lowest BCUT2D eigenvalue weighted by Gasteiger charge is -2.32. The van der Waals surface area contributed by atoms with Crippen molar-refractivity contribution >= 4 is 23.9 Å². The lowest BCUT2D eigenvalue weighted by atomic mass is 9.80.